The summed E-state index contributed by atoms with van der Waals surface area (Å²) in [4.78, 5) is 23.6. The quantitative estimate of drug-likeness (QED) is 0.281. The van der Waals surface area contributed by atoms with Crippen molar-refractivity contribution >= 4 is 34.9 Å². The number of aromatic nitrogens is 2. The molecule has 2 rings (SSSR count). The van der Waals surface area contributed by atoms with E-state index in [0.29, 0.717) is 18.8 Å². The number of hydrogen-bond acceptors (Lipinski definition) is 4. The second-order valence-electron chi connectivity index (χ2n) is 3.81. The maximum absolute atomic E-state index is 11.8. The number of anilines is 1. The maximum atomic E-state index is 11.8. The topological polar surface area (TPSA) is 94.9 Å². The molecule has 2 heterocycles. The predicted molar refractivity (Wildman–Crippen MR) is 66.5 cm³/mol. The Morgan fingerprint density at radius 1 is 1.56 bits per heavy atom. The number of amides is 1. The van der Waals surface area contributed by atoms with Gasteiger partial charge in [0.15, 0.2) is 0 Å². The van der Waals surface area contributed by atoms with E-state index in [4.69, 9.17) is 28.7 Å². The molecule has 1 aromatic rings. The first-order valence-electron chi connectivity index (χ1n) is 5.11. The Morgan fingerprint density at radius 2 is 2.33 bits per heavy atom. The summed E-state index contributed by atoms with van der Waals surface area (Å²) >= 11 is 11.4. The maximum Gasteiger partial charge on any atom is 0.228 e. The molecule has 1 saturated heterocycles. The van der Waals surface area contributed by atoms with Gasteiger partial charge in [0.25, 0.3) is 0 Å². The molecule has 18 heavy (non-hydrogen) atoms. The number of halogens is 2. The molecule has 1 aliphatic rings. The zero-order valence-electron chi connectivity index (χ0n) is 9.12. The molecule has 0 saturated carbocycles. The van der Waals surface area contributed by atoms with Gasteiger partial charge in [-0.05, 0) is 23.0 Å². The first-order valence-corrected chi connectivity index (χ1v) is 5.87. The molecule has 1 unspecified atom stereocenters. The average Bonchev–Trinajstić information content (AvgIpc) is 2.66. The van der Waals surface area contributed by atoms with Crippen molar-refractivity contribution in [2.24, 2.45) is 11.0 Å². The molecule has 9 heteroatoms. The fourth-order valence-corrected chi connectivity index (χ4v) is 2.19. The summed E-state index contributed by atoms with van der Waals surface area (Å²) in [5.74, 6) is 0.258. The van der Waals surface area contributed by atoms with E-state index in [9.17, 15) is 4.79 Å². The third-order valence-corrected chi connectivity index (χ3v) is 2.90. The van der Waals surface area contributed by atoms with E-state index in [1.165, 1.54) is 11.0 Å². The van der Waals surface area contributed by atoms with E-state index >= 15 is 0 Å². The molecule has 0 aromatic carbocycles. The SMILES string of the molecule is [N-]=[N+]=NCC1CC(=O)N(c2cc(Cl)nc(Cl)n2)C1. The van der Waals surface area contributed by atoms with Gasteiger partial charge in [-0.15, -0.1) is 0 Å². The molecule has 1 aromatic heterocycles. The van der Waals surface area contributed by atoms with Gasteiger partial charge in [-0.25, -0.2) is 9.97 Å². The van der Waals surface area contributed by atoms with Crippen molar-refractivity contribution in [3.63, 3.8) is 0 Å². The van der Waals surface area contributed by atoms with E-state index in [1.807, 2.05) is 0 Å². The van der Waals surface area contributed by atoms with E-state index in [0.717, 1.165) is 0 Å². The van der Waals surface area contributed by atoms with Crippen molar-refractivity contribution in [1.82, 2.24) is 9.97 Å². The number of carbonyl (C=O) groups is 1. The molecule has 0 N–H and O–H groups in total. The van der Waals surface area contributed by atoms with Crippen LogP contribution in [-0.4, -0.2) is 29.0 Å². The Bertz CT molecular complexity index is 510. The molecule has 1 amide bonds. The van der Waals surface area contributed by atoms with Gasteiger partial charge in [0, 0.05) is 30.5 Å². The van der Waals surface area contributed by atoms with Crippen LogP contribution in [0.3, 0.4) is 0 Å². The molecule has 1 fully saturated rings. The summed E-state index contributed by atoms with van der Waals surface area (Å²) in [6, 6.07) is 1.47. The first-order chi connectivity index (χ1) is 8.60. The van der Waals surface area contributed by atoms with Crippen molar-refractivity contribution in [2.45, 2.75) is 6.42 Å². The third kappa shape index (κ3) is 2.81. The molecule has 7 nitrogen and oxygen atoms in total. The Morgan fingerprint density at radius 3 is 3.00 bits per heavy atom. The van der Waals surface area contributed by atoms with Crippen molar-refractivity contribution in [1.29, 1.82) is 0 Å². The number of rotatable bonds is 3. The van der Waals surface area contributed by atoms with Gasteiger partial charge in [-0.3, -0.25) is 9.69 Å². The van der Waals surface area contributed by atoms with Crippen LogP contribution in [0.1, 0.15) is 6.42 Å². The summed E-state index contributed by atoms with van der Waals surface area (Å²) in [5, 5.41) is 3.64. The Labute approximate surface area is 112 Å². The normalized spacial score (nSPS) is 18.9. The van der Waals surface area contributed by atoms with Crippen LogP contribution in [0.4, 0.5) is 5.82 Å². The predicted octanol–water partition coefficient (Wildman–Crippen LogP) is 2.45. The lowest BCUT2D eigenvalue weighted by molar-refractivity contribution is -0.117. The molecule has 1 aliphatic heterocycles. The largest absolute Gasteiger partial charge is 0.296 e. The third-order valence-electron chi connectivity index (χ3n) is 2.54. The molecule has 0 bridgehead atoms. The second kappa shape index (κ2) is 5.39. The molecule has 0 radical (unpaired) electrons. The first kappa shape index (κ1) is 12.9. The number of hydrogen-bond donors (Lipinski definition) is 0. The van der Waals surface area contributed by atoms with Gasteiger partial charge in [-0.1, -0.05) is 16.7 Å². The van der Waals surface area contributed by atoms with Gasteiger partial charge < -0.3 is 0 Å². The van der Waals surface area contributed by atoms with Crippen LogP contribution in [0, 0.1) is 5.92 Å². The highest BCUT2D eigenvalue weighted by Crippen LogP contribution is 2.26. The second-order valence-corrected chi connectivity index (χ2v) is 4.53. The van der Waals surface area contributed by atoms with Crippen molar-refractivity contribution < 1.29 is 4.79 Å². The molecular weight excluding hydrogens is 279 g/mol. The number of azide groups is 1. The minimum absolute atomic E-state index is 0.0104. The molecule has 0 aliphatic carbocycles. The number of nitrogens with zero attached hydrogens (tertiary/aromatic N) is 6. The minimum atomic E-state index is -0.0982. The summed E-state index contributed by atoms with van der Waals surface area (Å²) in [5.41, 5.74) is 8.25. The standard InChI is InChI=1S/C9H8Cl2N6O/c10-6-2-7(15-9(11)14-6)17-4-5(1-8(17)18)3-13-16-12/h2,5H,1,3-4H2. The summed E-state index contributed by atoms with van der Waals surface area (Å²) in [6.45, 7) is 0.715. The van der Waals surface area contributed by atoms with E-state index in [2.05, 4.69) is 20.0 Å². The van der Waals surface area contributed by atoms with Crippen LogP contribution in [0.2, 0.25) is 10.4 Å². The lowest BCUT2D eigenvalue weighted by Crippen LogP contribution is -2.26. The van der Waals surface area contributed by atoms with Crippen LogP contribution in [0.25, 0.3) is 10.4 Å². The molecule has 0 spiro atoms. The lowest BCUT2D eigenvalue weighted by atomic mass is 10.1. The van der Waals surface area contributed by atoms with Crippen LogP contribution >= 0.6 is 23.2 Å². The Kier molecular flexibility index (Phi) is 3.86. The Balaban J connectivity index is 2.18. The highest BCUT2D eigenvalue weighted by Gasteiger charge is 2.31. The van der Waals surface area contributed by atoms with E-state index in [1.54, 1.807) is 0 Å². The summed E-state index contributed by atoms with van der Waals surface area (Å²) in [6.07, 6.45) is 0.318. The zero-order chi connectivity index (χ0) is 13.1. The average molecular weight is 287 g/mol. The van der Waals surface area contributed by atoms with E-state index in [-0.39, 0.29) is 28.8 Å². The Hall–Kier alpha value is -1.56. The fraction of sp³-hybridized carbons (Fsp3) is 0.444. The van der Waals surface area contributed by atoms with Crippen molar-refractivity contribution in [2.75, 3.05) is 18.0 Å². The van der Waals surface area contributed by atoms with Crippen LogP contribution in [0.15, 0.2) is 11.2 Å². The lowest BCUT2D eigenvalue weighted by Gasteiger charge is -2.15. The highest BCUT2D eigenvalue weighted by molar-refractivity contribution is 6.32. The molecular formula is C9H8Cl2N6O. The molecule has 1 atom stereocenters. The number of carbonyl (C=O) groups excluding carboxylic acids is 1. The van der Waals surface area contributed by atoms with Gasteiger partial charge >= 0.3 is 0 Å². The highest BCUT2D eigenvalue weighted by atomic mass is 35.5. The zero-order valence-corrected chi connectivity index (χ0v) is 10.6. The van der Waals surface area contributed by atoms with Crippen LogP contribution in [-0.2, 0) is 4.79 Å². The van der Waals surface area contributed by atoms with E-state index < -0.39 is 0 Å². The monoisotopic (exact) mass is 286 g/mol. The van der Waals surface area contributed by atoms with Crippen LogP contribution in [0.5, 0.6) is 0 Å². The summed E-state index contributed by atoms with van der Waals surface area (Å²) in [7, 11) is 0. The molecule has 94 valence electrons. The smallest absolute Gasteiger partial charge is 0.228 e. The summed E-state index contributed by atoms with van der Waals surface area (Å²) < 4.78 is 0. The van der Waals surface area contributed by atoms with Gasteiger partial charge in [0.05, 0.1) is 0 Å². The van der Waals surface area contributed by atoms with Crippen molar-refractivity contribution in [3.05, 3.63) is 26.9 Å². The van der Waals surface area contributed by atoms with Crippen molar-refractivity contribution in [3.8, 4) is 0 Å². The van der Waals surface area contributed by atoms with Crippen LogP contribution < -0.4 is 4.90 Å². The van der Waals surface area contributed by atoms with Gasteiger partial charge in [0.1, 0.15) is 11.0 Å². The van der Waals surface area contributed by atoms with Gasteiger partial charge in [-0.2, -0.15) is 0 Å². The minimum Gasteiger partial charge on any atom is -0.296 e. The van der Waals surface area contributed by atoms with Gasteiger partial charge in [0.2, 0.25) is 11.2 Å². The fourth-order valence-electron chi connectivity index (χ4n) is 1.79.